The van der Waals surface area contributed by atoms with Crippen LogP contribution in [0.5, 0.6) is 5.75 Å². The minimum atomic E-state index is -1.82. The molecular weight excluding hydrogens is 328 g/mol. The zero-order chi connectivity index (χ0) is 18.4. The lowest BCUT2D eigenvalue weighted by molar-refractivity contribution is -0.159. The summed E-state index contributed by atoms with van der Waals surface area (Å²) >= 11 is 0. The standard InChI is InChI=1S/C15H20N2O2.C2H2O4/c1-19-14-5-3-2-4-12(14)15(18)16-13-10-17-8-6-11(13)7-9-17;3-1(4)2(5)6/h2-5,11,13H,6-10H2,1H3,(H,16,18);(H,3,4)(H,5,6). The molecule has 3 heterocycles. The van der Waals surface area contributed by atoms with E-state index in [1.165, 1.54) is 25.9 Å². The van der Waals surface area contributed by atoms with Crippen molar-refractivity contribution in [3.05, 3.63) is 29.8 Å². The Bertz CT molecular complexity index is 628. The Kier molecular flexibility index (Phi) is 6.35. The number of carbonyl (C=O) groups is 3. The van der Waals surface area contributed by atoms with Crippen molar-refractivity contribution in [1.29, 1.82) is 0 Å². The van der Waals surface area contributed by atoms with Crippen molar-refractivity contribution in [2.75, 3.05) is 26.7 Å². The molecule has 0 saturated carbocycles. The summed E-state index contributed by atoms with van der Waals surface area (Å²) in [6.45, 7) is 3.36. The number of carboxylic acid groups (broad SMARTS) is 2. The van der Waals surface area contributed by atoms with E-state index in [1.54, 1.807) is 7.11 Å². The molecular formula is C17H22N2O6. The molecule has 3 saturated heterocycles. The van der Waals surface area contributed by atoms with Crippen LogP contribution in [0, 0.1) is 5.92 Å². The molecule has 0 aromatic heterocycles. The SMILES string of the molecule is COc1ccccc1C(=O)NC1CN2CCC1CC2.O=C(O)C(=O)O. The average Bonchev–Trinajstić information content (AvgIpc) is 2.63. The van der Waals surface area contributed by atoms with Crippen LogP contribution in [0.2, 0.25) is 0 Å². The van der Waals surface area contributed by atoms with Gasteiger partial charge in [0.25, 0.3) is 5.91 Å². The normalized spacial score (nSPS) is 23.8. The number of nitrogens with zero attached hydrogens (tertiary/aromatic N) is 1. The summed E-state index contributed by atoms with van der Waals surface area (Å²) < 4.78 is 5.25. The van der Waals surface area contributed by atoms with Crippen LogP contribution in [0.15, 0.2) is 24.3 Å². The molecule has 3 N–H and O–H groups in total. The molecule has 0 aliphatic carbocycles. The Morgan fingerprint density at radius 1 is 1.12 bits per heavy atom. The van der Waals surface area contributed by atoms with E-state index in [-0.39, 0.29) is 5.91 Å². The molecule has 3 aliphatic heterocycles. The highest BCUT2D eigenvalue weighted by atomic mass is 16.5. The first-order chi connectivity index (χ1) is 11.9. The van der Waals surface area contributed by atoms with Crippen LogP contribution in [-0.2, 0) is 9.59 Å². The smallest absolute Gasteiger partial charge is 0.414 e. The molecule has 136 valence electrons. The summed E-state index contributed by atoms with van der Waals surface area (Å²) in [4.78, 5) is 33.0. The van der Waals surface area contributed by atoms with Gasteiger partial charge in [-0.1, -0.05) is 12.1 Å². The van der Waals surface area contributed by atoms with Gasteiger partial charge in [0.05, 0.1) is 12.7 Å². The largest absolute Gasteiger partial charge is 0.496 e. The summed E-state index contributed by atoms with van der Waals surface area (Å²) in [6.07, 6.45) is 2.41. The fourth-order valence-electron chi connectivity index (χ4n) is 3.21. The number of hydrogen-bond acceptors (Lipinski definition) is 5. The van der Waals surface area contributed by atoms with Gasteiger partial charge in [0.1, 0.15) is 5.75 Å². The topological polar surface area (TPSA) is 116 Å². The van der Waals surface area contributed by atoms with E-state index in [4.69, 9.17) is 24.5 Å². The molecule has 8 heteroatoms. The van der Waals surface area contributed by atoms with Gasteiger partial charge in [-0.15, -0.1) is 0 Å². The third-order valence-electron chi connectivity index (χ3n) is 4.51. The van der Waals surface area contributed by atoms with Gasteiger partial charge in [-0.25, -0.2) is 9.59 Å². The summed E-state index contributed by atoms with van der Waals surface area (Å²) in [5.41, 5.74) is 0.626. The van der Waals surface area contributed by atoms with Crippen molar-refractivity contribution < 1.29 is 29.3 Å². The lowest BCUT2D eigenvalue weighted by atomic mass is 9.84. The first-order valence-electron chi connectivity index (χ1n) is 8.04. The zero-order valence-corrected chi connectivity index (χ0v) is 14.0. The van der Waals surface area contributed by atoms with Crippen LogP contribution in [0.25, 0.3) is 0 Å². The van der Waals surface area contributed by atoms with Gasteiger partial charge in [-0.2, -0.15) is 0 Å². The van der Waals surface area contributed by atoms with E-state index in [2.05, 4.69) is 10.2 Å². The quantitative estimate of drug-likeness (QED) is 0.686. The first-order valence-corrected chi connectivity index (χ1v) is 8.04. The molecule has 1 unspecified atom stereocenters. The van der Waals surface area contributed by atoms with E-state index < -0.39 is 11.9 Å². The van der Waals surface area contributed by atoms with Crippen LogP contribution in [-0.4, -0.2) is 65.7 Å². The van der Waals surface area contributed by atoms with Gasteiger partial charge in [0.15, 0.2) is 0 Å². The Balaban J connectivity index is 0.000000326. The summed E-state index contributed by atoms with van der Waals surface area (Å²) in [7, 11) is 1.60. The second kappa shape index (κ2) is 8.48. The number of para-hydroxylation sites is 1. The molecule has 0 radical (unpaired) electrons. The number of methoxy groups -OCH3 is 1. The maximum atomic E-state index is 12.4. The Hall–Kier alpha value is -2.61. The Morgan fingerprint density at radius 3 is 2.20 bits per heavy atom. The van der Waals surface area contributed by atoms with Crippen molar-refractivity contribution >= 4 is 17.8 Å². The van der Waals surface area contributed by atoms with Gasteiger partial charge in [-0.3, -0.25) is 4.79 Å². The van der Waals surface area contributed by atoms with Crippen LogP contribution in [0.3, 0.4) is 0 Å². The molecule has 8 nitrogen and oxygen atoms in total. The monoisotopic (exact) mass is 350 g/mol. The van der Waals surface area contributed by atoms with Crippen molar-refractivity contribution in [3.63, 3.8) is 0 Å². The molecule has 1 aromatic rings. The molecule has 1 atom stereocenters. The summed E-state index contributed by atoms with van der Waals surface area (Å²) in [6, 6.07) is 7.68. The molecule has 25 heavy (non-hydrogen) atoms. The molecule has 3 aliphatic rings. The van der Waals surface area contributed by atoms with Crippen molar-refractivity contribution in [3.8, 4) is 5.75 Å². The number of rotatable bonds is 3. The Labute approximate surface area is 145 Å². The lowest BCUT2D eigenvalue weighted by Gasteiger charge is -2.44. The first kappa shape index (κ1) is 18.7. The van der Waals surface area contributed by atoms with E-state index in [9.17, 15) is 4.79 Å². The number of ether oxygens (including phenoxy) is 1. The molecule has 4 rings (SSSR count). The van der Waals surface area contributed by atoms with E-state index in [1.807, 2.05) is 24.3 Å². The maximum absolute atomic E-state index is 12.4. The predicted molar refractivity (Wildman–Crippen MR) is 88.7 cm³/mol. The van der Waals surface area contributed by atoms with E-state index in [0.29, 0.717) is 23.3 Å². The second-order valence-corrected chi connectivity index (χ2v) is 6.03. The van der Waals surface area contributed by atoms with Gasteiger partial charge < -0.3 is 25.2 Å². The zero-order valence-electron chi connectivity index (χ0n) is 14.0. The highest BCUT2D eigenvalue weighted by Crippen LogP contribution is 2.28. The number of carboxylic acids is 2. The minimum absolute atomic E-state index is 0.0174. The number of benzene rings is 1. The van der Waals surface area contributed by atoms with Crippen molar-refractivity contribution in [2.45, 2.75) is 18.9 Å². The van der Waals surface area contributed by atoms with Crippen molar-refractivity contribution in [2.24, 2.45) is 5.92 Å². The van der Waals surface area contributed by atoms with Gasteiger partial charge >= 0.3 is 11.9 Å². The maximum Gasteiger partial charge on any atom is 0.414 e. The summed E-state index contributed by atoms with van der Waals surface area (Å²) in [5, 5.41) is 18.0. The number of aliphatic carboxylic acids is 2. The average molecular weight is 350 g/mol. The molecule has 0 spiro atoms. The number of fused-ring (bicyclic) bond motifs is 3. The van der Waals surface area contributed by atoms with Crippen LogP contribution < -0.4 is 10.1 Å². The Morgan fingerprint density at radius 2 is 1.72 bits per heavy atom. The van der Waals surface area contributed by atoms with E-state index in [0.717, 1.165) is 6.54 Å². The van der Waals surface area contributed by atoms with Crippen LogP contribution in [0.1, 0.15) is 23.2 Å². The van der Waals surface area contributed by atoms with Crippen molar-refractivity contribution in [1.82, 2.24) is 10.2 Å². The predicted octanol–water partition coefficient (Wildman–Crippen LogP) is 0.675. The van der Waals surface area contributed by atoms with Crippen LogP contribution >= 0.6 is 0 Å². The molecule has 1 aromatic carbocycles. The number of piperidine rings is 3. The second-order valence-electron chi connectivity index (χ2n) is 6.03. The lowest BCUT2D eigenvalue weighted by Crippen LogP contribution is -2.57. The third-order valence-corrected chi connectivity index (χ3v) is 4.51. The number of amides is 1. The number of hydrogen-bond donors (Lipinski definition) is 3. The fourth-order valence-corrected chi connectivity index (χ4v) is 3.21. The number of carbonyl (C=O) groups excluding carboxylic acids is 1. The molecule has 3 fully saturated rings. The highest BCUT2D eigenvalue weighted by Gasteiger charge is 2.35. The summed E-state index contributed by atoms with van der Waals surface area (Å²) in [5.74, 6) is -2.38. The number of nitrogens with one attached hydrogen (secondary N) is 1. The molecule has 1 amide bonds. The minimum Gasteiger partial charge on any atom is -0.496 e. The van der Waals surface area contributed by atoms with Gasteiger partial charge in [-0.05, 0) is 44.0 Å². The van der Waals surface area contributed by atoms with Gasteiger partial charge in [0, 0.05) is 12.6 Å². The third kappa shape index (κ3) is 4.93. The molecule has 2 bridgehead atoms. The van der Waals surface area contributed by atoms with Crippen LogP contribution in [0.4, 0.5) is 0 Å². The fraction of sp³-hybridized carbons (Fsp3) is 0.471. The van der Waals surface area contributed by atoms with E-state index >= 15 is 0 Å². The highest BCUT2D eigenvalue weighted by molar-refractivity contribution is 6.27. The van der Waals surface area contributed by atoms with Gasteiger partial charge in [0.2, 0.25) is 0 Å².